The summed E-state index contributed by atoms with van der Waals surface area (Å²) in [5, 5.41) is 11.4. The zero-order chi connectivity index (χ0) is 17.4. The normalized spacial score (nSPS) is 11.1. The first-order chi connectivity index (χ1) is 12.1. The average Bonchev–Trinajstić information content (AvgIpc) is 3.26. The number of amides is 1. The molecule has 4 aromatic rings. The first kappa shape index (κ1) is 15.1. The highest BCUT2D eigenvalue weighted by Gasteiger charge is 2.11. The van der Waals surface area contributed by atoms with Crippen LogP contribution in [0.5, 0.6) is 0 Å². The third kappa shape index (κ3) is 2.99. The Bertz CT molecular complexity index is 1040. The van der Waals surface area contributed by atoms with E-state index in [4.69, 9.17) is 0 Å². The summed E-state index contributed by atoms with van der Waals surface area (Å²) in [7, 11) is 1.89. The monoisotopic (exact) mass is 336 g/mol. The van der Waals surface area contributed by atoms with Gasteiger partial charge in [-0.15, -0.1) is 5.10 Å². The summed E-state index contributed by atoms with van der Waals surface area (Å²) in [6.45, 7) is 2.12. The molecule has 25 heavy (non-hydrogen) atoms. The molecular weight excluding hydrogens is 320 g/mol. The van der Waals surface area contributed by atoms with Crippen LogP contribution in [0.1, 0.15) is 5.69 Å². The van der Waals surface area contributed by atoms with Crippen molar-refractivity contribution in [1.29, 1.82) is 0 Å². The van der Waals surface area contributed by atoms with E-state index in [0.717, 1.165) is 16.8 Å². The van der Waals surface area contributed by atoms with Gasteiger partial charge in [-0.3, -0.25) is 14.8 Å². The molecule has 0 aliphatic carbocycles. The van der Waals surface area contributed by atoms with E-state index < -0.39 is 0 Å². The van der Waals surface area contributed by atoms with Gasteiger partial charge < -0.3 is 4.57 Å². The Kier molecular flexibility index (Phi) is 3.53. The molecule has 0 saturated heterocycles. The molecule has 0 aliphatic heterocycles. The number of hydrogen-bond donors (Lipinski definition) is 1. The first-order valence-corrected chi connectivity index (χ1v) is 7.71. The summed E-state index contributed by atoms with van der Waals surface area (Å²) in [5.74, 6) is 0.0578. The second kappa shape index (κ2) is 5.86. The van der Waals surface area contributed by atoms with Gasteiger partial charge in [0, 0.05) is 43.0 Å². The van der Waals surface area contributed by atoms with Crippen LogP contribution >= 0.6 is 0 Å². The second-order valence-corrected chi connectivity index (χ2v) is 5.74. The van der Waals surface area contributed by atoms with Crippen LogP contribution in [0, 0.1) is 6.92 Å². The van der Waals surface area contributed by atoms with Gasteiger partial charge in [-0.2, -0.15) is 10.1 Å². The van der Waals surface area contributed by atoms with Crippen LogP contribution in [0.25, 0.3) is 16.8 Å². The van der Waals surface area contributed by atoms with Gasteiger partial charge in [0.05, 0.1) is 12.0 Å². The average molecular weight is 336 g/mol. The zero-order valence-electron chi connectivity index (χ0n) is 13.8. The Balaban J connectivity index is 1.58. The highest BCUT2D eigenvalue weighted by atomic mass is 16.2. The van der Waals surface area contributed by atoms with Crippen molar-refractivity contribution in [2.75, 3.05) is 5.32 Å². The number of fused-ring (bicyclic) bond motifs is 1. The van der Waals surface area contributed by atoms with Crippen molar-refractivity contribution in [3.8, 4) is 11.1 Å². The fourth-order valence-electron chi connectivity index (χ4n) is 2.69. The number of nitrogens with zero attached hydrogens (tertiary/aromatic N) is 7. The van der Waals surface area contributed by atoms with E-state index in [1.54, 1.807) is 32.5 Å². The standard InChI is InChI=1S/C16H16N8O/c1-11-13(8-22(2)20-11)12-3-4-14-18-16(21-24(14)7-12)19-15(25)9-23-6-5-17-10-23/h3-8,10H,9H2,1-2H3,(H,19,21,25). The molecule has 0 aliphatic rings. The van der Waals surface area contributed by atoms with Gasteiger partial charge in [-0.05, 0) is 19.1 Å². The lowest BCUT2D eigenvalue weighted by Gasteiger charge is -2.00. The lowest BCUT2D eigenvalue weighted by molar-refractivity contribution is -0.116. The van der Waals surface area contributed by atoms with Crippen LogP contribution < -0.4 is 5.32 Å². The number of rotatable bonds is 4. The Labute approximate surface area is 142 Å². The molecule has 0 atom stereocenters. The summed E-state index contributed by atoms with van der Waals surface area (Å²) in [5.41, 5.74) is 3.61. The molecule has 1 amide bonds. The third-order valence-electron chi connectivity index (χ3n) is 3.79. The second-order valence-electron chi connectivity index (χ2n) is 5.74. The molecule has 126 valence electrons. The molecule has 0 saturated carbocycles. The molecule has 4 rings (SSSR count). The fourth-order valence-corrected chi connectivity index (χ4v) is 2.69. The van der Waals surface area contributed by atoms with Gasteiger partial charge in [0.15, 0.2) is 5.65 Å². The lowest BCUT2D eigenvalue weighted by atomic mass is 10.1. The largest absolute Gasteiger partial charge is 0.328 e. The van der Waals surface area contributed by atoms with Crippen molar-refractivity contribution < 1.29 is 4.79 Å². The van der Waals surface area contributed by atoms with Crippen molar-refractivity contribution in [3.63, 3.8) is 0 Å². The molecule has 9 nitrogen and oxygen atoms in total. The number of pyridine rings is 1. The predicted molar refractivity (Wildman–Crippen MR) is 90.8 cm³/mol. The maximum atomic E-state index is 12.0. The zero-order valence-corrected chi connectivity index (χ0v) is 13.8. The number of hydrogen-bond acceptors (Lipinski definition) is 5. The summed E-state index contributed by atoms with van der Waals surface area (Å²) in [6, 6.07) is 3.82. The Morgan fingerprint density at radius 1 is 1.24 bits per heavy atom. The van der Waals surface area contributed by atoms with Gasteiger partial charge in [0.25, 0.3) is 0 Å². The maximum absolute atomic E-state index is 12.0. The molecule has 4 heterocycles. The Morgan fingerprint density at radius 2 is 2.12 bits per heavy atom. The number of imidazole rings is 1. The summed E-state index contributed by atoms with van der Waals surface area (Å²) >= 11 is 0. The number of carbonyl (C=O) groups is 1. The lowest BCUT2D eigenvalue weighted by Crippen LogP contribution is -2.18. The number of carbonyl (C=O) groups excluding carboxylic acids is 1. The van der Waals surface area contributed by atoms with Crippen molar-refractivity contribution in [1.82, 2.24) is 33.9 Å². The smallest absolute Gasteiger partial charge is 0.249 e. The minimum absolute atomic E-state index is 0.162. The van der Waals surface area contributed by atoms with Crippen molar-refractivity contribution in [3.05, 3.63) is 48.9 Å². The number of aryl methyl sites for hydroxylation is 2. The topological polar surface area (TPSA) is 94.9 Å². The Hall–Kier alpha value is -3.49. The molecule has 9 heteroatoms. The summed E-state index contributed by atoms with van der Waals surface area (Å²) < 4.78 is 5.10. The van der Waals surface area contributed by atoms with Gasteiger partial charge in [-0.1, -0.05) is 0 Å². The summed E-state index contributed by atoms with van der Waals surface area (Å²) in [4.78, 5) is 20.3. The highest BCUT2D eigenvalue weighted by molar-refractivity contribution is 5.89. The molecule has 4 aromatic heterocycles. The molecule has 1 N–H and O–H groups in total. The van der Waals surface area contributed by atoms with Crippen LogP contribution in [-0.4, -0.2) is 39.8 Å². The van der Waals surface area contributed by atoms with E-state index in [2.05, 4.69) is 25.5 Å². The quantitative estimate of drug-likeness (QED) is 0.606. The molecule has 0 aromatic carbocycles. The Morgan fingerprint density at radius 3 is 2.84 bits per heavy atom. The third-order valence-corrected chi connectivity index (χ3v) is 3.79. The van der Waals surface area contributed by atoms with Gasteiger partial charge >= 0.3 is 0 Å². The van der Waals surface area contributed by atoms with E-state index in [0.29, 0.717) is 5.65 Å². The fraction of sp³-hybridized carbons (Fsp3) is 0.188. The van der Waals surface area contributed by atoms with Crippen molar-refractivity contribution in [2.24, 2.45) is 7.05 Å². The van der Waals surface area contributed by atoms with Crippen LogP contribution in [0.2, 0.25) is 0 Å². The van der Waals surface area contributed by atoms with Crippen molar-refractivity contribution in [2.45, 2.75) is 13.5 Å². The van der Waals surface area contributed by atoms with Crippen LogP contribution in [0.4, 0.5) is 5.95 Å². The predicted octanol–water partition coefficient (Wildman–Crippen LogP) is 1.27. The highest BCUT2D eigenvalue weighted by Crippen LogP contribution is 2.22. The SMILES string of the molecule is Cc1nn(C)cc1-c1ccc2nc(NC(=O)Cn3ccnc3)nn2c1. The van der Waals surface area contributed by atoms with E-state index in [9.17, 15) is 4.79 Å². The molecule has 0 unspecified atom stereocenters. The molecule has 0 spiro atoms. The van der Waals surface area contributed by atoms with Gasteiger partial charge in [0.2, 0.25) is 11.9 Å². The van der Waals surface area contributed by atoms with Crippen LogP contribution in [0.3, 0.4) is 0 Å². The molecule has 0 bridgehead atoms. The van der Waals surface area contributed by atoms with E-state index >= 15 is 0 Å². The number of nitrogens with one attached hydrogen (secondary N) is 1. The van der Waals surface area contributed by atoms with Crippen LogP contribution in [0.15, 0.2) is 43.2 Å². The first-order valence-electron chi connectivity index (χ1n) is 7.71. The van der Waals surface area contributed by atoms with Gasteiger partial charge in [-0.25, -0.2) is 9.50 Å². The van der Waals surface area contributed by atoms with E-state index in [-0.39, 0.29) is 18.4 Å². The molecule has 0 radical (unpaired) electrons. The number of anilines is 1. The minimum Gasteiger partial charge on any atom is -0.328 e. The number of aromatic nitrogens is 7. The molecule has 0 fully saturated rings. The minimum atomic E-state index is -0.211. The van der Waals surface area contributed by atoms with Crippen molar-refractivity contribution >= 4 is 17.5 Å². The molecular formula is C16H16N8O. The summed E-state index contributed by atoms with van der Waals surface area (Å²) in [6.07, 6.45) is 8.76. The maximum Gasteiger partial charge on any atom is 0.249 e. The van der Waals surface area contributed by atoms with Gasteiger partial charge in [0.1, 0.15) is 6.54 Å². The van der Waals surface area contributed by atoms with E-state index in [1.165, 1.54) is 0 Å². The van der Waals surface area contributed by atoms with E-state index in [1.807, 2.05) is 38.5 Å². The van der Waals surface area contributed by atoms with Crippen LogP contribution in [-0.2, 0) is 18.4 Å².